The molecule has 1 aliphatic rings. The predicted octanol–water partition coefficient (Wildman–Crippen LogP) is 4.99. The van der Waals surface area contributed by atoms with Crippen LogP contribution in [0, 0.1) is 0 Å². The number of rotatable bonds is 7. The molecule has 8 nitrogen and oxygen atoms in total. The van der Waals surface area contributed by atoms with Crippen LogP contribution in [0.15, 0.2) is 87.7 Å². The Kier molecular flexibility index (Phi) is 6.40. The average Bonchev–Trinajstić information content (AvgIpc) is 3.63. The third-order valence-corrected chi connectivity index (χ3v) is 6.29. The van der Waals surface area contributed by atoms with Crippen LogP contribution in [0.3, 0.4) is 0 Å². The van der Waals surface area contributed by atoms with Crippen LogP contribution >= 0.6 is 11.3 Å². The van der Waals surface area contributed by atoms with Gasteiger partial charge >= 0.3 is 0 Å². The molecule has 1 unspecified atom stereocenters. The lowest BCUT2D eigenvalue weighted by Gasteiger charge is -2.23. The molecule has 2 N–H and O–H groups in total. The number of carbonyl (C=O) groups excluding carboxylic acids is 2. The van der Waals surface area contributed by atoms with Gasteiger partial charge in [-0.3, -0.25) is 19.9 Å². The van der Waals surface area contributed by atoms with E-state index in [4.69, 9.17) is 4.42 Å². The van der Waals surface area contributed by atoms with Crippen molar-refractivity contribution in [3.63, 3.8) is 0 Å². The standard InChI is InChI=1S/C26H23N5O3S/c1-17(32)27-15-20-12-13-24(34-20)22-16-35-26(28-22)29-25(33)21-14-23(18-8-4-2-5-9-18)31(30-21)19-10-6-3-7-11-19/h2-13,16,23H,14-15H2,1H3,(H,27,32)(H,28,29,33). The van der Waals surface area contributed by atoms with Gasteiger partial charge in [-0.2, -0.15) is 5.10 Å². The summed E-state index contributed by atoms with van der Waals surface area (Å²) in [6.07, 6.45) is 0.480. The number of hydrazone groups is 1. The van der Waals surface area contributed by atoms with Crippen molar-refractivity contribution in [2.75, 3.05) is 10.3 Å². The van der Waals surface area contributed by atoms with E-state index in [2.05, 4.69) is 20.7 Å². The summed E-state index contributed by atoms with van der Waals surface area (Å²) in [5, 5.41) is 14.4. The Morgan fingerprint density at radius 2 is 1.80 bits per heavy atom. The van der Waals surface area contributed by atoms with Crippen molar-refractivity contribution in [1.29, 1.82) is 0 Å². The minimum Gasteiger partial charge on any atom is -0.458 e. The summed E-state index contributed by atoms with van der Waals surface area (Å²) >= 11 is 1.31. The quantitative estimate of drug-likeness (QED) is 0.384. The monoisotopic (exact) mass is 485 g/mol. The minimum atomic E-state index is -0.281. The van der Waals surface area contributed by atoms with Crippen LogP contribution in [0.4, 0.5) is 10.8 Å². The van der Waals surface area contributed by atoms with E-state index in [1.165, 1.54) is 18.3 Å². The zero-order chi connectivity index (χ0) is 24.2. The Morgan fingerprint density at radius 3 is 2.54 bits per heavy atom. The van der Waals surface area contributed by atoms with Crippen molar-refractivity contribution in [2.45, 2.75) is 25.9 Å². The molecule has 3 heterocycles. The van der Waals surface area contributed by atoms with Crippen molar-refractivity contribution in [3.05, 3.63) is 89.5 Å². The Labute approximate surface area is 206 Å². The van der Waals surface area contributed by atoms with Gasteiger partial charge in [-0.1, -0.05) is 48.5 Å². The third kappa shape index (κ3) is 5.15. The summed E-state index contributed by atoms with van der Waals surface area (Å²) in [4.78, 5) is 28.7. The molecule has 0 saturated carbocycles. The van der Waals surface area contributed by atoms with Gasteiger partial charge in [-0.25, -0.2) is 4.98 Å². The van der Waals surface area contributed by atoms with Crippen LogP contribution in [0.5, 0.6) is 0 Å². The molecule has 0 spiro atoms. The van der Waals surface area contributed by atoms with E-state index in [0.29, 0.717) is 41.0 Å². The van der Waals surface area contributed by atoms with Crippen LogP contribution in [0.2, 0.25) is 0 Å². The molecule has 9 heteroatoms. The van der Waals surface area contributed by atoms with E-state index in [-0.39, 0.29) is 17.9 Å². The molecule has 5 rings (SSSR count). The second-order valence-corrected chi connectivity index (χ2v) is 8.88. The van der Waals surface area contributed by atoms with Gasteiger partial charge in [0, 0.05) is 18.7 Å². The number of para-hydroxylation sites is 1. The van der Waals surface area contributed by atoms with E-state index in [0.717, 1.165) is 11.3 Å². The number of nitrogens with zero attached hydrogens (tertiary/aromatic N) is 3. The highest BCUT2D eigenvalue weighted by Gasteiger charge is 2.32. The van der Waals surface area contributed by atoms with E-state index in [1.54, 1.807) is 12.1 Å². The summed E-state index contributed by atoms with van der Waals surface area (Å²) in [5.41, 5.74) is 3.07. The van der Waals surface area contributed by atoms with E-state index < -0.39 is 0 Å². The first-order valence-corrected chi connectivity index (χ1v) is 12.0. The summed E-state index contributed by atoms with van der Waals surface area (Å²) < 4.78 is 5.75. The van der Waals surface area contributed by atoms with Gasteiger partial charge in [0.2, 0.25) is 5.91 Å². The van der Waals surface area contributed by atoms with Crippen LogP contribution in [-0.4, -0.2) is 22.5 Å². The molecule has 0 fully saturated rings. The number of furan rings is 1. The highest BCUT2D eigenvalue weighted by atomic mass is 32.1. The van der Waals surface area contributed by atoms with Gasteiger partial charge in [0.05, 0.1) is 18.3 Å². The van der Waals surface area contributed by atoms with Crippen LogP contribution < -0.4 is 15.6 Å². The molecule has 0 radical (unpaired) electrons. The highest BCUT2D eigenvalue weighted by Crippen LogP contribution is 2.35. The lowest BCUT2D eigenvalue weighted by molar-refractivity contribution is -0.119. The summed E-state index contributed by atoms with van der Waals surface area (Å²) in [6.45, 7) is 1.76. The maximum Gasteiger partial charge on any atom is 0.273 e. The van der Waals surface area contributed by atoms with Crippen LogP contribution in [0.1, 0.15) is 30.7 Å². The first kappa shape index (κ1) is 22.5. The molecular weight excluding hydrogens is 462 g/mol. The second kappa shape index (κ2) is 9.94. The number of benzene rings is 2. The van der Waals surface area contributed by atoms with E-state index >= 15 is 0 Å². The number of nitrogens with one attached hydrogen (secondary N) is 2. The Bertz CT molecular complexity index is 1360. The molecule has 176 valence electrons. The largest absolute Gasteiger partial charge is 0.458 e. The predicted molar refractivity (Wildman–Crippen MR) is 136 cm³/mol. The molecule has 1 aliphatic heterocycles. The molecule has 4 aromatic rings. The minimum absolute atomic E-state index is 0.0728. The van der Waals surface area contributed by atoms with Gasteiger partial charge in [-0.05, 0) is 29.8 Å². The molecule has 0 aliphatic carbocycles. The Morgan fingerprint density at radius 1 is 1.06 bits per heavy atom. The summed E-state index contributed by atoms with van der Waals surface area (Å²) in [5.74, 6) is 0.787. The fourth-order valence-electron chi connectivity index (χ4n) is 3.84. The van der Waals surface area contributed by atoms with Crippen molar-refractivity contribution >= 4 is 39.7 Å². The molecule has 1 atom stereocenters. The number of hydrogen-bond acceptors (Lipinski definition) is 7. The molecular formula is C26H23N5O3S. The SMILES string of the molecule is CC(=O)NCc1ccc(-c2csc(NC(=O)C3=NN(c4ccccc4)C(c4ccccc4)C3)n2)o1. The summed E-state index contributed by atoms with van der Waals surface area (Å²) in [7, 11) is 0. The van der Waals surface area contributed by atoms with E-state index in [9.17, 15) is 9.59 Å². The smallest absolute Gasteiger partial charge is 0.273 e. The zero-order valence-electron chi connectivity index (χ0n) is 19.0. The number of aromatic nitrogens is 1. The summed E-state index contributed by atoms with van der Waals surface area (Å²) in [6, 6.07) is 23.4. The number of thiazole rings is 1. The lowest BCUT2D eigenvalue weighted by atomic mass is 10.0. The molecule has 2 aromatic heterocycles. The number of anilines is 2. The second-order valence-electron chi connectivity index (χ2n) is 8.03. The number of hydrogen-bond donors (Lipinski definition) is 2. The van der Waals surface area contributed by atoms with Crippen LogP contribution in [-0.2, 0) is 16.1 Å². The topological polar surface area (TPSA) is 99.8 Å². The van der Waals surface area contributed by atoms with Crippen molar-refractivity contribution in [2.24, 2.45) is 5.10 Å². The Hall–Kier alpha value is -4.24. The zero-order valence-corrected chi connectivity index (χ0v) is 19.8. The molecule has 2 aromatic carbocycles. The van der Waals surface area contributed by atoms with Crippen molar-refractivity contribution < 1.29 is 14.0 Å². The highest BCUT2D eigenvalue weighted by molar-refractivity contribution is 7.14. The van der Waals surface area contributed by atoms with Gasteiger partial charge in [0.1, 0.15) is 17.2 Å². The molecule has 2 amide bonds. The Balaban J connectivity index is 1.31. The fourth-order valence-corrected chi connectivity index (χ4v) is 4.53. The number of carbonyl (C=O) groups is 2. The third-order valence-electron chi connectivity index (χ3n) is 5.53. The molecule has 0 saturated heterocycles. The average molecular weight is 486 g/mol. The fraction of sp³-hybridized carbons (Fsp3) is 0.154. The number of amides is 2. The first-order chi connectivity index (χ1) is 17.1. The van der Waals surface area contributed by atoms with Crippen molar-refractivity contribution in [3.8, 4) is 11.5 Å². The maximum atomic E-state index is 13.1. The normalized spacial score (nSPS) is 15.1. The van der Waals surface area contributed by atoms with Gasteiger partial charge in [-0.15, -0.1) is 11.3 Å². The molecule has 0 bridgehead atoms. The van der Waals surface area contributed by atoms with Gasteiger partial charge in [0.15, 0.2) is 10.9 Å². The first-order valence-electron chi connectivity index (χ1n) is 11.1. The van der Waals surface area contributed by atoms with Crippen molar-refractivity contribution in [1.82, 2.24) is 10.3 Å². The van der Waals surface area contributed by atoms with Gasteiger partial charge < -0.3 is 9.73 Å². The van der Waals surface area contributed by atoms with Crippen LogP contribution in [0.25, 0.3) is 11.5 Å². The van der Waals surface area contributed by atoms with Gasteiger partial charge in [0.25, 0.3) is 5.91 Å². The molecule has 35 heavy (non-hydrogen) atoms. The lowest BCUT2D eigenvalue weighted by Crippen LogP contribution is -2.21. The van der Waals surface area contributed by atoms with E-state index in [1.807, 2.05) is 71.1 Å². The maximum absolute atomic E-state index is 13.1.